The number of hydrogen-bond donors (Lipinski definition) is 0. The molecule has 1 saturated heterocycles. The normalized spacial score (nSPS) is 13.8. The van der Waals surface area contributed by atoms with Gasteiger partial charge in [0.15, 0.2) is 6.61 Å². The molecular formula is C27H29N3O6. The van der Waals surface area contributed by atoms with Crippen LogP contribution in [0.25, 0.3) is 16.9 Å². The van der Waals surface area contributed by atoms with Gasteiger partial charge in [0.1, 0.15) is 17.0 Å². The lowest BCUT2D eigenvalue weighted by Gasteiger charge is -2.30. The van der Waals surface area contributed by atoms with Gasteiger partial charge in [-0.3, -0.25) is 9.59 Å². The van der Waals surface area contributed by atoms with E-state index in [1.165, 1.54) is 0 Å². The zero-order valence-electron chi connectivity index (χ0n) is 20.4. The van der Waals surface area contributed by atoms with Crippen LogP contribution in [0.2, 0.25) is 0 Å². The third kappa shape index (κ3) is 5.73. The minimum Gasteiger partial charge on any atom is -0.497 e. The predicted octanol–water partition coefficient (Wildman–Crippen LogP) is 3.51. The molecule has 0 unspecified atom stereocenters. The van der Waals surface area contributed by atoms with E-state index in [4.69, 9.17) is 14.2 Å². The second kappa shape index (κ2) is 11.5. The minimum atomic E-state index is -0.648. The van der Waals surface area contributed by atoms with Crippen LogP contribution in [0, 0.1) is 5.92 Å². The summed E-state index contributed by atoms with van der Waals surface area (Å²) >= 11 is 0. The molecule has 1 aromatic heterocycles. The first kappa shape index (κ1) is 25.0. The second-order valence-corrected chi connectivity index (χ2v) is 8.39. The average Bonchev–Trinajstić information content (AvgIpc) is 3.38. The number of ether oxygens (including phenoxy) is 3. The van der Waals surface area contributed by atoms with E-state index < -0.39 is 12.6 Å². The summed E-state index contributed by atoms with van der Waals surface area (Å²) in [5.74, 6) is -0.751. The summed E-state index contributed by atoms with van der Waals surface area (Å²) in [5, 5.41) is 4.63. The highest BCUT2D eigenvalue weighted by Gasteiger charge is 2.29. The van der Waals surface area contributed by atoms with Crippen molar-refractivity contribution < 1.29 is 28.6 Å². The molecule has 1 aliphatic rings. The number of esters is 2. The quantitative estimate of drug-likeness (QED) is 0.445. The molecular weight excluding hydrogens is 462 g/mol. The molecule has 0 radical (unpaired) electrons. The van der Waals surface area contributed by atoms with Crippen LogP contribution in [-0.2, 0) is 19.1 Å². The molecule has 0 aliphatic carbocycles. The van der Waals surface area contributed by atoms with Gasteiger partial charge in [-0.2, -0.15) is 5.10 Å². The summed E-state index contributed by atoms with van der Waals surface area (Å²) in [6.45, 7) is 2.55. The Morgan fingerprint density at radius 1 is 1.00 bits per heavy atom. The van der Waals surface area contributed by atoms with E-state index in [1.807, 2.05) is 42.5 Å². The van der Waals surface area contributed by atoms with Crippen LogP contribution in [0.4, 0.5) is 0 Å². The van der Waals surface area contributed by atoms with Gasteiger partial charge >= 0.3 is 11.9 Å². The number of carbonyl (C=O) groups is 3. The fraction of sp³-hybridized carbons (Fsp3) is 0.333. The van der Waals surface area contributed by atoms with E-state index in [-0.39, 0.29) is 23.4 Å². The lowest BCUT2D eigenvalue weighted by molar-refractivity contribution is -0.151. The highest BCUT2D eigenvalue weighted by Crippen LogP contribution is 2.27. The van der Waals surface area contributed by atoms with Gasteiger partial charge in [0.25, 0.3) is 5.91 Å². The molecule has 0 bridgehead atoms. The van der Waals surface area contributed by atoms with E-state index in [9.17, 15) is 14.4 Å². The van der Waals surface area contributed by atoms with E-state index in [1.54, 1.807) is 41.9 Å². The Hall–Kier alpha value is -4.14. The van der Waals surface area contributed by atoms with Crippen molar-refractivity contribution in [1.29, 1.82) is 0 Å². The van der Waals surface area contributed by atoms with Crippen LogP contribution >= 0.6 is 0 Å². The van der Waals surface area contributed by atoms with Gasteiger partial charge in [-0.25, -0.2) is 9.48 Å². The number of piperidine rings is 1. The van der Waals surface area contributed by atoms with Crippen molar-refractivity contribution in [3.8, 4) is 22.7 Å². The largest absolute Gasteiger partial charge is 0.497 e. The van der Waals surface area contributed by atoms with Crippen LogP contribution in [0.1, 0.15) is 30.1 Å². The lowest BCUT2D eigenvalue weighted by Crippen LogP contribution is -2.42. The van der Waals surface area contributed by atoms with E-state index in [2.05, 4.69) is 5.10 Å². The molecule has 0 atom stereocenters. The van der Waals surface area contributed by atoms with Crippen molar-refractivity contribution in [2.45, 2.75) is 19.8 Å². The number of methoxy groups -OCH3 is 1. The van der Waals surface area contributed by atoms with Crippen molar-refractivity contribution in [3.63, 3.8) is 0 Å². The zero-order chi connectivity index (χ0) is 25.5. The third-order valence-electron chi connectivity index (χ3n) is 6.09. The molecule has 36 heavy (non-hydrogen) atoms. The van der Waals surface area contributed by atoms with E-state index in [0.29, 0.717) is 49.5 Å². The Morgan fingerprint density at radius 3 is 2.44 bits per heavy atom. The molecule has 9 heteroatoms. The number of aromatic nitrogens is 2. The molecule has 188 valence electrons. The monoisotopic (exact) mass is 491 g/mol. The lowest BCUT2D eigenvalue weighted by atomic mass is 9.97. The molecule has 0 saturated carbocycles. The molecule has 1 fully saturated rings. The molecule has 0 spiro atoms. The summed E-state index contributed by atoms with van der Waals surface area (Å²) < 4.78 is 17.4. The summed E-state index contributed by atoms with van der Waals surface area (Å²) in [5.41, 5.74) is 2.12. The Balaban J connectivity index is 1.47. The van der Waals surface area contributed by atoms with Crippen LogP contribution in [-0.4, -0.2) is 65.9 Å². The Kier molecular flexibility index (Phi) is 7.99. The number of hydrogen-bond acceptors (Lipinski definition) is 7. The SMILES string of the molecule is CCOC(=O)C1CCN(C(=O)COC(=O)c2cn(-c3ccccc3)nc2-c2cccc(OC)c2)CC1. The second-order valence-electron chi connectivity index (χ2n) is 8.39. The van der Waals surface area contributed by atoms with Crippen LogP contribution in [0.5, 0.6) is 5.75 Å². The molecule has 4 rings (SSSR count). The first-order chi connectivity index (χ1) is 17.5. The smallest absolute Gasteiger partial charge is 0.342 e. The van der Waals surface area contributed by atoms with Gasteiger partial charge in [0.05, 0.1) is 25.3 Å². The summed E-state index contributed by atoms with van der Waals surface area (Å²) in [7, 11) is 1.57. The summed E-state index contributed by atoms with van der Waals surface area (Å²) in [6.07, 6.45) is 2.66. The molecule has 9 nitrogen and oxygen atoms in total. The maximum Gasteiger partial charge on any atom is 0.342 e. The van der Waals surface area contributed by atoms with Gasteiger partial charge < -0.3 is 19.1 Å². The molecule has 0 N–H and O–H groups in total. The summed E-state index contributed by atoms with van der Waals surface area (Å²) in [6, 6.07) is 16.6. The fourth-order valence-electron chi connectivity index (χ4n) is 4.14. The van der Waals surface area contributed by atoms with Crippen molar-refractivity contribution in [3.05, 3.63) is 66.4 Å². The number of nitrogens with zero attached hydrogens (tertiary/aromatic N) is 3. The van der Waals surface area contributed by atoms with E-state index in [0.717, 1.165) is 5.69 Å². The maximum absolute atomic E-state index is 13.1. The Bertz CT molecular complexity index is 1220. The van der Waals surface area contributed by atoms with Crippen molar-refractivity contribution >= 4 is 17.8 Å². The standard InChI is InChI=1S/C27H29N3O6/c1-3-35-26(32)19-12-14-29(15-13-19)24(31)18-36-27(33)23-17-30(21-9-5-4-6-10-21)28-25(23)20-8-7-11-22(16-20)34-2/h4-11,16-17,19H,3,12-15,18H2,1-2H3. The number of amides is 1. The molecule has 1 amide bonds. The number of para-hydroxylation sites is 1. The molecule has 3 aromatic rings. The molecule has 1 aliphatic heterocycles. The first-order valence-electron chi connectivity index (χ1n) is 11.9. The first-order valence-corrected chi connectivity index (χ1v) is 11.9. The van der Waals surface area contributed by atoms with Crippen molar-refractivity contribution in [1.82, 2.24) is 14.7 Å². The fourth-order valence-corrected chi connectivity index (χ4v) is 4.14. The maximum atomic E-state index is 13.1. The van der Waals surface area contributed by atoms with Crippen molar-refractivity contribution in [2.75, 3.05) is 33.4 Å². The highest BCUT2D eigenvalue weighted by molar-refractivity contribution is 5.97. The minimum absolute atomic E-state index is 0.203. The number of likely N-dealkylation sites (tertiary alicyclic amines) is 1. The van der Waals surface area contributed by atoms with Gasteiger partial charge in [0.2, 0.25) is 0 Å². The predicted molar refractivity (Wildman–Crippen MR) is 132 cm³/mol. The van der Waals surface area contributed by atoms with Gasteiger partial charge in [-0.1, -0.05) is 30.3 Å². The summed E-state index contributed by atoms with van der Waals surface area (Å²) in [4.78, 5) is 39.3. The number of rotatable bonds is 8. The van der Waals surface area contributed by atoms with Gasteiger partial charge in [-0.05, 0) is 44.0 Å². The average molecular weight is 492 g/mol. The van der Waals surface area contributed by atoms with E-state index >= 15 is 0 Å². The van der Waals surface area contributed by atoms with Gasteiger partial charge in [0, 0.05) is 24.8 Å². The van der Waals surface area contributed by atoms with Crippen LogP contribution in [0.15, 0.2) is 60.8 Å². The van der Waals surface area contributed by atoms with Crippen molar-refractivity contribution in [2.24, 2.45) is 5.92 Å². The Morgan fingerprint density at radius 2 is 1.75 bits per heavy atom. The molecule has 2 heterocycles. The molecule has 2 aromatic carbocycles. The van der Waals surface area contributed by atoms with Crippen LogP contribution < -0.4 is 4.74 Å². The zero-order valence-corrected chi connectivity index (χ0v) is 20.4. The Labute approximate surface area is 209 Å². The number of benzene rings is 2. The van der Waals surface area contributed by atoms with Crippen LogP contribution in [0.3, 0.4) is 0 Å². The highest BCUT2D eigenvalue weighted by atomic mass is 16.5. The third-order valence-corrected chi connectivity index (χ3v) is 6.09. The topological polar surface area (TPSA) is 100.0 Å². The number of carbonyl (C=O) groups excluding carboxylic acids is 3. The van der Waals surface area contributed by atoms with Gasteiger partial charge in [-0.15, -0.1) is 0 Å².